The molecule has 1 aromatic heterocycles. The number of hydrogen-bond acceptors (Lipinski definition) is 0. The van der Waals surface area contributed by atoms with E-state index in [-0.39, 0.29) is 0 Å². The van der Waals surface area contributed by atoms with E-state index in [4.69, 9.17) is 0 Å². The molecule has 0 saturated carbocycles. The fraction of sp³-hybridized carbons (Fsp3) is 0.250. The molecule has 1 aliphatic carbocycles. The number of rotatable bonds is 0. The van der Waals surface area contributed by atoms with Gasteiger partial charge in [-0.2, -0.15) is 0 Å². The van der Waals surface area contributed by atoms with Crippen LogP contribution in [0.15, 0.2) is 34.8 Å². The van der Waals surface area contributed by atoms with Gasteiger partial charge < -0.3 is 4.98 Å². The number of aryl methyl sites for hydroxylation is 2. The van der Waals surface area contributed by atoms with Crippen LogP contribution in [0.5, 0.6) is 0 Å². The van der Waals surface area contributed by atoms with E-state index in [0.29, 0.717) is 0 Å². The molecule has 0 saturated heterocycles. The molecule has 0 spiro atoms. The van der Waals surface area contributed by atoms with Crippen molar-refractivity contribution in [2.75, 3.05) is 0 Å². The first-order chi connectivity index (χ1) is 8.84. The van der Waals surface area contributed by atoms with Crippen LogP contribution in [-0.4, -0.2) is 4.98 Å². The van der Waals surface area contributed by atoms with Gasteiger partial charge in [-0.1, -0.05) is 40.2 Å². The van der Waals surface area contributed by atoms with Crippen molar-refractivity contribution in [3.05, 3.63) is 46.1 Å². The van der Waals surface area contributed by atoms with Gasteiger partial charge in [0.1, 0.15) is 0 Å². The zero-order chi connectivity index (χ0) is 12.1. The fourth-order valence-corrected chi connectivity index (χ4v) is 3.79. The van der Waals surface area contributed by atoms with Crippen LogP contribution >= 0.6 is 15.9 Å². The Morgan fingerprint density at radius 3 is 2.83 bits per heavy atom. The normalized spacial score (nSPS) is 15.2. The number of fused-ring (bicyclic) bond motifs is 5. The van der Waals surface area contributed by atoms with E-state index < -0.39 is 0 Å². The molecule has 1 aliphatic rings. The summed E-state index contributed by atoms with van der Waals surface area (Å²) in [6.45, 7) is 0. The molecule has 18 heavy (non-hydrogen) atoms. The first kappa shape index (κ1) is 10.6. The minimum absolute atomic E-state index is 1.18. The summed E-state index contributed by atoms with van der Waals surface area (Å²) in [5.74, 6) is 0. The summed E-state index contributed by atoms with van der Waals surface area (Å²) in [6.07, 6.45) is 5.08. The lowest BCUT2D eigenvalue weighted by molar-refractivity contribution is 0.680. The molecule has 90 valence electrons. The Labute approximate surface area is 114 Å². The maximum Gasteiger partial charge on any atom is 0.0550 e. The molecule has 0 radical (unpaired) electrons. The van der Waals surface area contributed by atoms with Crippen molar-refractivity contribution in [1.29, 1.82) is 0 Å². The van der Waals surface area contributed by atoms with E-state index >= 15 is 0 Å². The van der Waals surface area contributed by atoms with Crippen LogP contribution in [0.4, 0.5) is 0 Å². The molecule has 1 nitrogen and oxygen atoms in total. The standard InChI is InChI=1S/C16H14BrN/c17-13-6-3-4-10-8-9-12-11-5-1-2-7-14(11)18-16(12)15(10)13/h3-4,6,8-9,18H,1-2,5,7H2. The van der Waals surface area contributed by atoms with Crippen LogP contribution in [-0.2, 0) is 12.8 Å². The van der Waals surface area contributed by atoms with E-state index in [1.165, 1.54) is 57.5 Å². The van der Waals surface area contributed by atoms with Crippen LogP contribution in [0.2, 0.25) is 0 Å². The van der Waals surface area contributed by atoms with Crippen LogP contribution in [0.25, 0.3) is 21.7 Å². The monoisotopic (exact) mass is 299 g/mol. The van der Waals surface area contributed by atoms with Gasteiger partial charge in [-0.05, 0) is 42.7 Å². The number of H-pyrrole nitrogens is 1. The van der Waals surface area contributed by atoms with Crippen molar-refractivity contribution in [2.24, 2.45) is 0 Å². The van der Waals surface area contributed by atoms with Crippen molar-refractivity contribution in [3.63, 3.8) is 0 Å². The highest BCUT2D eigenvalue weighted by Gasteiger charge is 2.17. The van der Waals surface area contributed by atoms with Gasteiger partial charge in [0.15, 0.2) is 0 Å². The molecule has 1 N–H and O–H groups in total. The van der Waals surface area contributed by atoms with E-state index in [9.17, 15) is 0 Å². The van der Waals surface area contributed by atoms with Gasteiger partial charge >= 0.3 is 0 Å². The number of aromatic amines is 1. The third-order valence-corrected chi connectivity index (χ3v) is 4.72. The molecule has 0 bridgehead atoms. The molecule has 3 aromatic rings. The number of aromatic nitrogens is 1. The number of nitrogens with one attached hydrogen (secondary N) is 1. The summed E-state index contributed by atoms with van der Waals surface area (Å²) < 4.78 is 1.18. The van der Waals surface area contributed by atoms with Gasteiger partial charge in [-0.15, -0.1) is 0 Å². The number of hydrogen-bond donors (Lipinski definition) is 1. The van der Waals surface area contributed by atoms with Gasteiger partial charge in [-0.3, -0.25) is 0 Å². The molecule has 1 heterocycles. The van der Waals surface area contributed by atoms with Gasteiger partial charge in [0.25, 0.3) is 0 Å². The first-order valence-electron chi connectivity index (χ1n) is 6.55. The van der Waals surface area contributed by atoms with Crippen molar-refractivity contribution in [2.45, 2.75) is 25.7 Å². The maximum absolute atomic E-state index is 3.69. The second-order valence-electron chi connectivity index (χ2n) is 5.12. The van der Waals surface area contributed by atoms with Crippen molar-refractivity contribution < 1.29 is 0 Å². The van der Waals surface area contributed by atoms with E-state index in [1.807, 2.05) is 0 Å². The number of halogens is 1. The Morgan fingerprint density at radius 2 is 1.89 bits per heavy atom. The quantitative estimate of drug-likeness (QED) is 0.604. The molecule has 0 fully saturated rings. The highest BCUT2D eigenvalue weighted by molar-refractivity contribution is 9.10. The predicted molar refractivity (Wildman–Crippen MR) is 80.1 cm³/mol. The Balaban J connectivity index is 2.19. The minimum atomic E-state index is 1.18. The lowest BCUT2D eigenvalue weighted by atomic mass is 9.95. The molecule has 2 aromatic carbocycles. The molecular formula is C16H14BrN. The Kier molecular flexibility index (Phi) is 2.28. The average molecular weight is 300 g/mol. The van der Waals surface area contributed by atoms with Gasteiger partial charge in [-0.25, -0.2) is 0 Å². The molecule has 4 rings (SSSR count). The summed E-state index contributed by atoms with van der Waals surface area (Å²) in [6, 6.07) is 10.9. The Hall–Kier alpha value is -1.28. The second kappa shape index (κ2) is 3.86. The molecule has 0 amide bonds. The van der Waals surface area contributed by atoms with Crippen molar-refractivity contribution >= 4 is 37.6 Å². The highest BCUT2D eigenvalue weighted by atomic mass is 79.9. The van der Waals surface area contributed by atoms with Crippen LogP contribution in [0.1, 0.15) is 24.1 Å². The molecule has 0 unspecified atom stereocenters. The maximum atomic E-state index is 3.69. The zero-order valence-electron chi connectivity index (χ0n) is 10.1. The van der Waals surface area contributed by atoms with Crippen LogP contribution < -0.4 is 0 Å². The zero-order valence-corrected chi connectivity index (χ0v) is 11.7. The predicted octanol–water partition coefficient (Wildman–Crippen LogP) is 4.96. The van der Waals surface area contributed by atoms with Crippen molar-refractivity contribution in [1.82, 2.24) is 4.98 Å². The lowest BCUT2D eigenvalue weighted by Gasteiger charge is -2.10. The third-order valence-electron chi connectivity index (χ3n) is 4.06. The summed E-state index contributed by atoms with van der Waals surface area (Å²) in [4.78, 5) is 3.67. The smallest absolute Gasteiger partial charge is 0.0550 e. The second-order valence-corrected chi connectivity index (χ2v) is 5.97. The van der Waals surface area contributed by atoms with Gasteiger partial charge in [0, 0.05) is 20.9 Å². The minimum Gasteiger partial charge on any atom is -0.358 e. The molecule has 2 heteroatoms. The average Bonchev–Trinajstić information content (AvgIpc) is 2.77. The largest absolute Gasteiger partial charge is 0.358 e. The van der Waals surface area contributed by atoms with Crippen LogP contribution in [0, 0.1) is 0 Å². The van der Waals surface area contributed by atoms with E-state index in [2.05, 4.69) is 51.2 Å². The highest BCUT2D eigenvalue weighted by Crippen LogP contribution is 2.36. The third kappa shape index (κ3) is 1.39. The van der Waals surface area contributed by atoms with Gasteiger partial charge in [0.05, 0.1) is 5.52 Å². The summed E-state index contributed by atoms with van der Waals surface area (Å²) in [5.41, 5.74) is 4.32. The summed E-state index contributed by atoms with van der Waals surface area (Å²) in [5, 5.41) is 4.05. The molecule has 0 aliphatic heterocycles. The summed E-state index contributed by atoms with van der Waals surface area (Å²) >= 11 is 3.69. The first-order valence-corrected chi connectivity index (χ1v) is 7.34. The SMILES string of the molecule is Brc1cccc2ccc3c4c([nH]c3c12)CCCC4. The molecular weight excluding hydrogens is 286 g/mol. The molecule has 0 atom stereocenters. The fourth-order valence-electron chi connectivity index (χ4n) is 3.21. The van der Waals surface area contributed by atoms with Crippen LogP contribution in [0.3, 0.4) is 0 Å². The number of benzene rings is 2. The topological polar surface area (TPSA) is 15.8 Å². The van der Waals surface area contributed by atoms with Gasteiger partial charge in [0.2, 0.25) is 0 Å². The lowest BCUT2D eigenvalue weighted by Crippen LogP contribution is -1.99. The Bertz CT molecular complexity index is 754. The van der Waals surface area contributed by atoms with E-state index in [0.717, 1.165) is 0 Å². The summed E-state index contributed by atoms with van der Waals surface area (Å²) in [7, 11) is 0. The Morgan fingerprint density at radius 1 is 1.00 bits per heavy atom. The van der Waals surface area contributed by atoms with Crippen molar-refractivity contribution in [3.8, 4) is 0 Å². The van der Waals surface area contributed by atoms with E-state index in [1.54, 1.807) is 5.56 Å².